The Morgan fingerprint density at radius 3 is 2.93 bits per heavy atom. The van der Waals surface area contributed by atoms with Gasteiger partial charge in [0.15, 0.2) is 0 Å². The van der Waals surface area contributed by atoms with E-state index >= 15 is 0 Å². The van der Waals surface area contributed by atoms with Crippen molar-refractivity contribution in [2.75, 3.05) is 13.6 Å². The second-order valence-electron chi connectivity index (χ2n) is 3.97. The van der Waals surface area contributed by atoms with Gasteiger partial charge in [0.05, 0.1) is 0 Å². The molecule has 0 aliphatic rings. The molecule has 1 atom stereocenters. The highest BCUT2D eigenvalue weighted by Gasteiger charge is 2.18. The van der Waals surface area contributed by atoms with Crippen LogP contribution in [0.4, 0.5) is 0 Å². The van der Waals surface area contributed by atoms with Crippen molar-refractivity contribution in [3.63, 3.8) is 0 Å². The minimum atomic E-state index is 0.221. The number of hydrogen-bond donors (Lipinski definition) is 1. The van der Waals surface area contributed by atoms with Gasteiger partial charge in [0.25, 0.3) is 0 Å². The molecule has 0 aliphatic carbocycles. The molecule has 1 N–H and O–H groups in total. The maximum atomic E-state index is 3.91. The summed E-state index contributed by atoms with van der Waals surface area (Å²) in [6, 6.07) is 4.32. The van der Waals surface area contributed by atoms with E-state index in [-0.39, 0.29) is 5.41 Å². The average Bonchev–Trinajstić information content (AvgIpc) is 2.68. The summed E-state index contributed by atoms with van der Waals surface area (Å²) in [6.45, 7) is 7.17. The van der Waals surface area contributed by atoms with Crippen molar-refractivity contribution in [3.05, 3.63) is 35.0 Å². The molecule has 0 saturated heterocycles. The first-order valence-corrected chi connectivity index (χ1v) is 5.89. The zero-order valence-corrected chi connectivity index (χ0v) is 9.86. The molecule has 1 unspecified atom stereocenters. The highest BCUT2D eigenvalue weighted by molar-refractivity contribution is 7.09. The van der Waals surface area contributed by atoms with Crippen molar-refractivity contribution in [2.45, 2.75) is 19.8 Å². The molecule has 78 valence electrons. The fraction of sp³-hybridized carbons (Fsp3) is 0.500. The van der Waals surface area contributed by atoms with Gasteiger partial charge < -0.3 is 5.32 Å². The number of nitrogens with one attached hydrogen (secondary N) is 1. The largest absolute Gasteiger partial charge is 0.319 e. The molecule has 1 rings (SSSR count). The summed E-state index contributed by atoms with van der Waals surface area (Å²) in [5, 5.41) is 5.36. The topological polar surface area (TPSA) is 12.0 Å². The Kier molecular flexibility index (Phi) is 4.36. The van der Waals surface area contributed by atoms with Gasteiger partial charge in [-0.2, -0.15) is 0 Å². The van der Waals surface area contributed by atoms with Crippen molar-refractivity contribution >= 4 is 11.3 Å². The molecule has 14 heavy (non-hydrogen) atoms. The normalized spacial score (nSPS) is 15.0. The van der Waals surface area contributed by atoms with Crippen molar-refractivity contribution in [1.29, 1.82) is 0 Å². The predicted octanol–water partition coefficient (Wildman–Crippen LogP) is 3.09. The number of thiophene rings is 1. The quantitative estimate of drug-likeness (QED) is 0.710. The molecule has 1 heterocycles. The van der Waals surface area contributed by atoms with Gasteiger partial charge in [0, 0.05) is 11.4 Å². The summed E-state index contributed by atoms with van der Waals surface area (Å²) in [7, 11) is 1.99. The SMILES string of the molecule is C=CC(C)(CCc1cccs1)CNC. The van der Waals surface area contributed by atoms with Crippen molar-refractivity contribution in [3.8, 4) is 0 Å². The second-order valence-corrected chi connectivity index (χ2v) is 5.00. The Bertz CT molecular complexity index is 266. The zero-order valence-electron chi connectivity index (χ0n) is 9.05. The van der Waals surface area contributed by atoms with Gasteiger partial charge in [0.2, 0.25) is 0 Å². The van der Waals surface area contributed by atoms with Crippen LogP contribution in [-0.2, 0) is 6.42 Å². The maximum Gasteiger partial charge on any atom is 0.00455 e. The Balaban J connectivity index is 2.45. The average molecular weight is 209 g/mol. The van der Waals surface area contributed by atoms with Crippen LogP contribution in [0.3, 0.4) is 0 Å². The third kappa shape index (κ3) is 3.28. The van der Waals surface area contributed by atoms with Gasteiger partial charge in [-0.25, -0.2) is 0 Å². The molecule has 0 spiro atoms. The summed E-state index contributed by atoms with van der Waals surface area (Å²) < 4.78 is 0. The number of rotatable bonds is 6. The lowest BCUT2D eigenvalue weighted by Gasteiger charge is -2.24. The molecular weight excluding hydrogens is 190 g/mol. The summed E-state index contributed by atoms with van der Waals surface area (Å²) in [4.78, 5) is 1.47. The van der Waals surface area contributed by atoms with E-state index in [0.717, 1.165) is 19.4 Å². The van der Waals surface area contributed by atoms with Gasteiger partial charge in [-0.1, -0.05) is 19.1 Å². The minimum absolute atomic E-state index is 0.221. The smallest absolute Gasteiger partial charge is 0.00455 e. The lowest BCUT2D eigenvalue weighted by molar-refractivity contribution is 0.378. The summed E-state index contributed by atoms with van der Waals surface area (Å²) in [5.74, 6) is 0. The number of hydrogen-bond acceptors (Lipinski definition) is 2. The molecule has 0 radical (unpaired) electrons. The molecule has 0 saturated carbocycles. The monoisotopic (exact) mass is 209 g/mol. The van der Waals surface area contributed by atoms with Crippen LogP contribution in [-0.4, -0.2) is 13.6 Å². The first-order chi connectivity index (χ1) is 6.70. The molecular formula is C12H19NS. The van der Waals surface area contributed by atoms with Crippen molar-refractivity contribution in [1.82, 2.24) is 5.32 Å². The van der Waals surface area contributed by atoms with Gasteiger partial charge in [-0.3, -0.25) is 0 Å². The van der Waals surface area contributed by atoms with E-state index in [1.807, 2.05) is 18.4 Å². The van der Waals surface area contributed by atoms with Crippen LogP contribution in [0.25, 0.3) is 0 Å². The Morgan fingerprint density at radius 1 is 1.64 bits per heavy atom. The first kappa shape index (κ1) is 11.5. The standard InChI is InChI=1S/C12H19NS/c1-4-12(2,10-13-3)8-7-11-6-5-9-14-11/h4-6,9,13H,1,7-8,10H2,2-3H3. The van der Waals surface area contributed by atoms with Gasteiger partial charge in [0.1, 0.15) is 0 Å². The van der Waals surface area contributed by atoms with Crippen molar-refractivity contribution in [2.24, 2.45) is 5.41 Å². The number of aryl methyl sites for hydroxylation is 1. The minimum Gasteiger partial charge on any atom is -0.319 e. The molecule has 0 aliphatic heterocycles. The first-order valence-electron chi connectivity index (χ1n) is 5.01. The van der Waals surface area contributed by atoms with E-state index in [1.165, 1.54) is 4.88 Å². The van der Waals surface area contributed by atoms with Crippen LogP contribution < -0.4 is 5.32 Å². The van der Waals surface area contributed by atoms with Crippen LogP contribution in [0.2, 0.25) is 0 Å². The predicted molar refractivity (Wildman–Crippen MR) is 64.9 cm³/mol. The molecule has 0 aromatic carbocycles. The van der Waals surface area contributed by atoms with E-state index < -0.39 is 0 Å². The van der Waals surface area contributed by atoms with Crippen LogP contribution in [0.5, 0.6) is 0 Å². The third-order valence-electron chi connectivity index (χ3n) is 2.60. The molecule has 1 nitrogen and oxygen atoms in total. The lowest BCUT2D eigenvalue weighted by atomic mass is 9.85. The fourth-order valence-corrected chi connectivity index (χ4v) is 2.24. The van der Waals surface area contributed by atoms with Gasteiger partial charge in [-0.15, -0.1) is 17.9 Å². The third-order valence-corrected chi connectivity index (χ3v) is 3.53. The van der Waals surface area contributed by atoms with E-state index in [0.29, 0.717) is 0 Å². The van der Waals surface area contributed by atoms with E-state index in [1.54, 1.807) is 0 Å². The Labute approximate surface area is 90.9 Å². The summed E-state index contributed by atoms with van der Waals surface area (Å²) in [5.41, 5.74) is 0.221. The second kappa shape index (κ2) is 5.32. The highest BCUT2D eigenvalue weighted by Crippen LogP contribution is 2.25. The van der Waals surface area contributed by atoms with Crippen LogP contribution in [0.1, 0.15) is 18.2 Å². The molecule has 0 bridgehead atoms. The lowest BCUT2D eigenvalue weighted by Crippen LogP contribution is -2.28. The molecule has 1 aromatic heterocycles. The van der Waals surface area contributed by atoms with Crippen LogP contribution in [0, 0.1) is 5.41 Å². The van der Waals surface area contributed by atoms with E-state index in [2.05, 4.69) is 42.4 Å². The maximum absolute atomic E-state index is 3.91. The van der Waals surface area contributed by atoms with Crippen molar-refractivity contribution < 1.29 is 0 Å². The fourth-order valence-electron chi connectivity index (χ4n) is 1.53. The Hall–Kier alpha value is -0.600. The van der Waals surface area contributed by atoms with E-state index in [9.17, 15) is 0 Å². The van der Waals surface area contributed by atoms with E-state index in [4.69, 9.17) is 0 Å². The van der Waals surface area contributed by atoms with Crippen LogP contribution in [0.15, 0.2) is 30.2 Å². The molecule has 0 amide bonds. The van der Waals surface area contributed by atoms with Gasteiger partial charge >= 0.3 is 0 Å². The zero-order chi connectivity index (χ0) is 10.4. The summed E-state index contributed by atoms with van der Waals surface area (Å²) >= 11 is 1.84. The summed E-state index contributed by atoms with van der Waals surface area (Å²) in [6.07, 6.45) is 4.39. The van der Waals surface area contributed by atoms with Gasteiger partial charge in [-0.05, 0) is 36.8 Å². The van der Waals surface area contributed by atoms with Crippen LogP contribution >= 0.6 is 11.3 Å². The molecule has 1 aromatic rings. The Morgan fingerprint density at radius 2 is 2.43 bits per heavy atom. The molecule has 2 heteroatoms. The highest BCUT2D eigenvalue weighted by atomic mass is 32.1. The molecule has 0 fully saturated rings.